The van der Waals surface area contributed by atoms with Crippen LogP contribution in [0, 0.1) is 6.92 Å². The molecule has 0 spiro atoms. The summed E-state index contributed by atoms with van der Waals surface area (Å²) in [4.78, 5) is 3.78. The molecule has 1 aliphatic rings. The van der Waals surface area contributed by atoms with Crippen LogP contribution in [0.25, 0.3) is 0 Å². The van der Waals surface area contributed by atoms with E-state index in [0.717, 1.165) is 18.8 Å². The normalized spacial score (nSPS) is 12.9. The second-order valence-electron chi connectivity index (χ2n) is 2.81. The van der Waals surface area contributed by atoms with Gasteiger partial charge < -0.3 is 22.1 Å². The zero-order valence-corrected chi connectivity index (χ0v) is 13.1. The van der Waals surface area contributed by atoms with Crippen molar-refractivity contribution in [3.63, 3.8) is 0 Å². The van der Waals surface area contributed by atoms with Crippen LogP contribution in [-0.4, -0.2) is 18.2 Å². The Balaban J connectivity index is 0. The summed E-state index contributed by atoms with van der Waals surface area (Å²) in [6.07, 6.45) is 4.18. The molecule has 2 nitrogen and oxygen atoms in total. The van der Waals surface area contributed by atoms with Crippen molar-refractivity contribution in [1.29, 1.82) is 0 Å². The Bertz CT molecular complexity index is 211. The Labute approximate surface area is 115 Å². The van der Waals surface area contributed by atoms with E-state index in [4.69, 9.17) is 16.3 Å². The van der Waals surface area contributed by atoms with E-state index >= 15 is 0 Å². The summed E-state index contributed by atoms with van der Waals surface area (Å²) in [5.41, 5.74) is 0.884. The molecule has 0 radical (unpaired) electrons. The van der Waals surface area contributed by atoms with Crippen LogP contribution in [0.1, 0.15) is 18.4 Å². The fourth-order valence-corrected chi connectivity index (χ4v) is 1.03. The maximum Gasteiger partial charge on any atom is 2.00 e. The van der Waals surface area contributed by atoms with E-state index < -0.39 is 0 Å². The minimum Gasteiger partial charge on any atom is -1.00 e. The summed E-state index contributed by atoms with van der Waals surface area (Å²) in [6.45, 7) is 5.64. The first-order chi connectivity index (χ1) is 6.29. The quantitative estimate of drug-likeness (QED) is 0.373. The maximum atomic E-state index is 5.47. The molecule has 1 saturated heterocycles. The number of nitrogens with zero attached hydrogens (tertiary/aromatic N) is 1. The number of hydrogen-bond acceptors (Lipinski definition) is 2. The van der Waals surface area contributed by atoms with Crippen LogP contribution in [0.15, 0.2) is 18.3 Å². The van der Waals surface area contributed by atoms with Crippen molar-refractivity contribution in [3.05, 3.63) is 36.0 Å². The number of ether oxygens (including phenoxy) is 1. The molecule has 0 N–H and O–H groups in total. The molecular formula is C10H13Cl2NOZn. The standard InChI is InChI=1S/C6H5ClN.C4H8O.ClH.Zn/c1-5-2-3-6(7)8-4-5;1-2-4-5-3-1;;/h2-4H,1H2;1-4H2;1H;/q-1;;;+2/p-1. The molecule has 15 heavy (non-hydrogen) atoms. The summed E-state index contributed by atoms with van der Waals surface area (Å²) in [5.74, 6) is 0. The number of hydrogen-bond donors (Lipinski definition) is 0. The molecule has 1 aliphatic heterocycles. The first-order valence-electron chi connectivity index (χ1n) is 4.30. The Morgan fingerprint density at radius 1 is 1.27 bits per heavy atom. The molecule has 1 aromatic heterocycles. The molecule has 0 aliphatic carbocycles. The molecule has 5 heteroatoms. The van der Waals surface area contributed by atoms with E-state index in [1.807, 2.05) is 6.07 Å². The van der Waals surface area contributed by atoms with E-state index in [0.29, 0.717) is 5.15 Å². The molecule has 0 saturated carbocycles. The van der Waals surface area contributed by atoms with Gasteiger partial charge in [0, 0.05) is 13.2 Å². The maximum absolute atomic E-state index is 5.47. The van der Waals surface area contributed by atoms with Crippen LogP contribution in [0.2, 0.25) is 5.15 Å². The van der Waals surface area contributed by atoms with Gasteiger partial charge in [-0.15, -0.1) is 0 Å². The average molecular weight is 300 g/mol. The number of pyridine rings is 1. The van der Waals surface area contributed by atoms with Crippen LogP contribution < -0.4 is 12.4 Å². The average Bonchev–Trinajstić information content (AvgIpc) is 2.68. The van der Waals surface area contributed by atoms with Crippen LogP contribution in [0.4, 0.5) is 0 Å². The summed E-state index contributed by atoms with van der Waals surface area (Å²) in [5, 5.41) is 0.511. The number of halogens is 2. The Kier molecular flexibility index (Phi) is 12.5. The van der Waals surface area contributed by atoms with Gasteiger partial charge in [0.05, 0.1) is 0 Å². The predicted octanol–water partition coefficient (Wildman–Crippen LogP) is -0.285. The van der Waals surface area contributed by atoms with Gasteiger partial charge in [0.15, 0.2) is 0 Å². The molecule has 1 aromatic rings. The summed E-state index contributed by atoms with van der Waals surface area (Å²) in [6, 6.07) is 3.53. The van der Waals surface area contributed by atoms with Gasteiger partial charge in [0.25, 0.3) is 0 Å². The third kappa shape index (κ3) is 9.13. The topological polar surface area (TPSA) is 22.1 Å². The third-order valence-corrected chi connectivity index (χ3v) is 1.84. The van der Waals surface area contributed by atoms with Crippen molar-refractivity contribution >= 4 is 11.6 Å². The van der Waals surface area contributed by atoms with E-state index in [9.17, 15) is 0 Å². The third-order valence-electron chi connectivity index (χ3n) is 1.62. The van der Waals surface area contributed by atoms with Crippen LogP contribution in [0.3, 0.4) is 0 Å². The van der Waals surface area contributed by atoms with Gasteiger partial charge in [-0.1, -0.05) is 23.9 Å². The zero-order chi connectivity index (χ0) is 9.52. The molecule has 0 unspecified atom stereocenters. The SMILES string of the molecule is C1CCOC1.[CH2-]c1ccc(Cl)nc1.[Cl-].[Zn+2]. The molecule has 80 valence electrons. The molecule has 1 fully saturated rings. The van der Waals surface area contributed by atoms with Crippen LogP contribution in [0.5, 0.6) is 0 Å². The number of aromatic nitrogens is 1. The summed E-state index contributed by atoms with van der Waals surface area (Å²) >= 11 is 5.47. The van der Waals surface area contributed by atoms with E-state index in [2.05, 4.69) is 11.9 Å². The Morgan fingerprint density at radius 3 is 2.13 bits per heavy atom. The number of rotatable bonds is 0. The first-order valence-corrected chi connectivity index (χ1v) is 4.68. The predicted molar refractivity (Wildman–Crippen MR) is 53.8 cm³/mol. The summed E-state index contributed by atoms with van der Waals surface area (Å²) < 4.78 is 4.94. The van der Waals surface area contributed by atoms with Gasteiger partial charge in [0.2, 0.25) is 0 Å². The Morgan fingerprint density at radius 2 is 1.87 bits per heavy atom. The minimum atomic E-state index is 0. The van der Waals surface area contributed by atoms with Gasteiger partial charge >= 0.3 is 19.5 Å². The Hall–Kier alpha value is 0.183. The zero-order valence-electron chi connectivity index (χ0n) is 8.59. The molecular weight excluding hydrogens is 286 g/mol. The molecule has 0 amide bonds. The molecule has 2 heterocycles. The van der Waals surface area contributed by atoms with E-state index in [1.54, 1.807) is 12.3 Å². The van der Waals surface area contributed by atoms with Crippen molar-refractivity contribution in [2.24, 2.45) is 0 Å². The van der Waals surface area contributed by atoms with Crippen molar-refractivity contribution in [1.82, 2.24) is 4.98 Å². The van der Waals surface area contributed by atoms with Gasteiger partial charge in [0.1, 0.15) is 5.15 Å². The fraction of sp³-hybridized carbons (Fsp3) is 0.400. The van der Waals surface area contributed by atoms with Gasteiger partial charge in [-0.05, 0) is 12.8 Å². The van der Waals surface area contributed by atoms with Crippen molar-refractivity contribution in [2.45, 2.75) is 12.8 Å². The largest absolute Gasteiger partial charge is 2.00 e. The van der Waals surface area contributed by atoms with Gasteiger partial charge in [-0.2, -0.15) is 18.6 Å². The second-order valence-corrected chi connectivity index (χ2v) is 3.20. The van der Waals surface area contributed by atoms with Crippen molar-refractivity contribution < 1.29 is 36.6 Å². The summed E-state index contributed by atoms with van der Waals surface area (Å²) in [7, 11) is 0. The molecule has 0 aromatic carbocycles. The smallest absolute Gasteiger partial charge is 1.00 e. The monoisotopic (exact) mass is 297 g/mol. The molecule has 0 bridgehead atoms. The molecule has 2 rings (SSSR count). The second kappa shape index (κ2) is 10.7. The molecule has 0 atom stereocenters. The van der Waals surface area contributed by atoms with E-state index in [-0.39, 0.29) is 31.9 Å². The van der Waals surface area contributed by atoms with E-state index in [1.165, 1.54) is 12.8 Å². The van der Waals surface area contributed by atoms with Crippen molar-refractivity contribution in [3.8, 4) is 0 Å². The van der Waals surface area contributed by atoms with Crippen LogP contribution in [-0.2, 0) is 24.2 Å². The minimum absolute atomic E-state index is 0. The first kappa shape index (κ1) is 17.6. The fourth-order valence-electron chi connectivity index (χ4n) is 0.917. The van der Waals surface area contributed by atoms with Gasteiger partial charge in [-0.3, -0.25) is 0 Å². The van der Waals surface area contributed by atoms with Crippen LogP contribution >= 0.6 is 11.6 Å². The van der Waals surface area contributed by atoms with Crippen molar-refractivity contribution in [2.75, 3.05) is 13.2 Å². The van der Waals surface area contributed by atoms with Gasteiger partial charge in [-0.25, -0.2) is 0 Å².